The van der Waals surface area contributed by atoms with Gasteiger partial charge in [0, 0.05) is 56.2 Å². The molecule has 5 aliphatic carbocycles. The number of halogens is 11. The smallest absolute Gasteiger partial charge is 0.553 e. The average molecular weight is 1560 g/mol. The predicted molar refractivity (Wildman–Crippen MR) is 328 cm³/mol. The zero-order valence-corrected chi connectivity index (χ0v) is 64.6. The van der Waals surface area contributed by atoms with Crippen molar-refractivity contribution in [2.45, 2.75) is 277 Å². The number of aliphatic hydroxyl groups is 2. The van der Waals surface area contributed by atoms with Gasteiger partial charge in [0.25, 0.3) is 0 Å². The number of esters is 3. The number of Topliss-reactive ketones (excluding diaryl/α,β-unsaturated/α-hetero) is 1. The molecule has 7 rings (SSSR count). The fourth-order valence-electron chi connectivity index (χ4n) is 10.3. The molecule has 7 fully saturated rings. The monoisotopic (exact) mass is 1550 g/mol. The van der Waals surface area contributed by atoms with Crippen molar-refractivity contribution in [3.05, 3.63) is 11.8 Å². The third-order valence-electron chi connectivity index (χ3n) is 15.9. The zero-order chi connectivity index (χ0) is 75.3. The normalized spacial score (nSPS) is 20.4. The maximum Gasteiger partial charge on any atom is 1.00 e. The van der Waals surface area contributed by atoms with Crippen LogP contribution in [0.15, 0.2) is 0 Å². The number of ether oxygens (including phenoxy) is 7. The number of ketones is 1. The fourth-order valence-corrected chi connectivity index (χ4v) is 10.5. The minimum Gasteiger partial charge on any atom is -0.553 e. The van der Waals surface area contributed by atoms with E-state index in [0.29, 0.717) is 69.4 Å². The minimum absolute atomic E-state index is 0. The van der Waals surface area contributed by atoms with Crippen molar-refractivity contribution in [2.24, 2.45) is 0 Å². The first-order chi connectivity index (χ1) is 44.6. The van der Waals surface area contributed by atoms with Crippen molar-refractivity contribution in [1.29, 1.82) is 0 Å². The fraction of sp³-hybridized carbons (Fsp3) is 0.898. The van der Waals surface area contributed by atoms with Crippen LogP contribution in [0.1, 0.15) is 214 Å². The van der Waals surface area contributed by atoms with Gasteiger partial charge in [-0.2, -0.15) is 52.3 Å². The Balaban J connectivity index is -0.000000245. The van der Waals surface area contributed by atoms with Gasteiger partial charge in [-0.05, 0) is 118 Å². The van der Waals surface area contributed by atoms with Gasteiger partial charge in [-0.3, -0.25) is 13.2 Å². The molecule has 0 aromatic heterocycles. The van der Waals surface area contributed by atoms with Gasteiger partial charge in [0.15, 0.2) is 0 Å². The van der Waals surface area contributed by atoms with Crippen LogP contribution in [0.5, 0.6) is 0 Å². The second-order valence-corrected chi connectivity index (χ2v) is 25.0. The molecular formula is C59H103BrF10N2Na2O23S. The standard InChI is InChI=1S/2C10H16F2O3.C9H14F2O3.C8H12F2O3.C6H10O.2C5H10O.C4H5BrF2O2.C2H6O4S.2H2NO.2Na/c1-14-8(13)10(11,12)9(15-2)6-4-3-5-7-9;1-2-15-8(13)10(11,12)9(14)6-4-3-5-7-9;1-14-8(5-3-2-4-6-8)9(10,11)7(12)13;9-8(10,6(11)12)7(13)4-2-1-3-5-7;7-6-4-2-1-3-5-6;2*1-5-3-2-4-6-5;1-2-9-3(8)4(5,6)7;1-5-7(3,4)6-2;2*1-2;;/h3-7H2,1-2H3;14H,2-7H2,1H3;2-6H2,1H3,(H,12,13);13H,1-5H2,(H,11,12);1-5H2;2*5H,2-4H2,1H3;2H2,1H3;1-2H3;2*1-2H;;/q;;;;;;;;;2*-1;2*+1. The van der Waals surface area contributed by atoms with E-state index in [2.05, 4.69) is 36.4 Å². The molecule has 2 aliphatic heterocycles. The summed E-state index contributed by atoms with van der Waals surface area (Å²) in [5, 5.41) is 48.4. The Morgan fingerprint density at radius 2 is 0.786 bits per heavy atom. The van der Waals surface area contributed by atoms with E-state index >= 15 is 0 Å². The molecule has 0 spiro atoms. The molecule has 7 aliphatic rings. The van der Waals surface area contributed by atoms with Gasteiger partial charge >= 0.3 is 128 Å². The molecule has 0 amide bonds. The Kier molecular flexibility index (Phi) is 60.0. The maximum absolute atomic E-state index is 13.8. The van der Waals surface area contributed by atoms with Crippen molar-refractivity contribution < 1.29 is 213 Å². The quantitative estimate of drug-likeness (QED) is 0.0234. The first-order valence-electron chi connectivity index (χ1n) is 31.2. The molecule has 8 N–H and O–H groups in total. The SMILES string of the molecule is CC1CCCO1.CC1CCCO1.CCOC(=O)C(F)(F)Br.CCOC(=O)C(F)(F)C1(O)CCCCC1.COC(=O)C(F)(F)C1(OC)CCCCC1.COC1(C(F)(F)C(=O)O)CCCCC1.COS(=O)(=O)OC.O=C(O)C(F)(F)C1(O)CCCCC1.O=C1CCCCC1.[NH-]O.[NH-]O.[Na+].[Na+]. The Morgan fingerprint density at radius 1 is 0.490 bits per heavy atom. The Hall–Kier alpha value is -1.73. The van der Waals surface area contributed by atoms with E-state index in [9.17, 15) is 91.3 Å². The Morgan fingerprint density at radius 3 is 0.990 bits per heavy atom. The van der Waals surface area contributed by atoms with E-state index in [1.54, 1.807) is 0 Å². The molecule has 2 heterocycles. The summed E-state index contributed by atoms with van der Waals surface area (Å²) < 4.78 is 191. The van der Waals surface area contributed by atoms with Gasteiger partial charge in [0.1, 0.15) is 28.2 Å². The number of methoxy groups -OCH3 is 3. The van der Waals surface area contributed by atoms with E-state index in [1.807, 2.05) is 15.9 Å². The largest absolute Gasteiger partial charge is 1.00 e. The first-order valence-corrected chi connectivity index (χ1v) is 33.3. The third kappa shape index (κ3) is 38.3. The van der Waals surface area contributed by atoms with Crippen LogP contribution in [0.2, 0.25) is 0 Å². The number of carboxylic acids is 2. The second-order valence-electron chi connectivity index (χ2n) is 22.5. The van der Waals surface area contributed by atoms with Crippen molar-refractivity contribution in [2.75, 3.05) is 62.0 Å². The van der Waals surface area contributed by atoms with Crippen LogP contribution in [0, 0.1) is 0 Å². The molecule has 0 aromatic rings. The van der Waals surface area contributed by atoms with Gasteiger partial charge in [-0.1, -0.05) is 83.5 Å². The van der Waals surface area contributed by atoms with E-state index < -0.39 is 91.2 Å². The minimum atomic E-state index is -4.02. The molecule has 98 heavy (non-hydrogen) atoms. The molecule has 5 saturated carbocycles. The summed E-state index contributed by atoms with van der Waals surface area (Å²) in [6.07, 6.45) is 19.5. The number of aliphatic carboxylic acids is 2. The van der Waals surface area contributed by atoms with E-state index in [1.165, 1.54) is 53.1 Å². The summed E-state index contributed by atoms with van der Waals surface area (Å²) in [7, 11) is 1.74. The van der Waals surface area contributed by atoms with Crippen LogP contribution in [0.3, 0.4) is 0 Å². The van der Waals surface area contributed by atoms with Crippen LogP contribution in [-0.4, -0.2) is 200 Å². The van der Waals surface area contributed by atoms with Gasteiger partial charge < -0.3 is 75.8 Å². The van der Waals surface area contributed by atoms with Gasteiger partial charge in [-0.25, -0.2) is 24.0 Å². The summed E-state index contributed by atoms with van der Waals surface area (Å²) in [5.74, 6) is -14.2. The van der Waals surface area contributed by atoms with Crippen LogP contribution in [0.25, 0.3) is 11.8 Å². The molecule has 2 saturated heterocycles. The molecule has 0 radical (unpaired) electrons. The summed E-state index contributed by atoms with van der Waals surface area (Å²) in [5.41, 5.74) is -8.01. The van der Waals surface area contributed by atoms with Crippen LogP contribution >= 0.6 is 15.9 Å². The number of hydrogen-bond acceptors (Lipinski definition) is 21. The number of nitrogens with one attached hydrogen (secondary N) is 2. The van der Waals surface area contributed by atoms with Gasteiger partial charge in [0.2, 0.25) is 0 Å². The molecule has 572 valence electrons. The average Bonchev–Trinajstić information content (AvgIpc) is 0.930. The Bertz CT molecular complexity index is 2230. The zero-order valence-electron chi connectivity index (χ0n) is 58.2. The molecule has 25 nitrogen and oxygen atoms in total. The summed E-state index contributed by atoms with van der Waals surface area (Å²) in [4.78, 5) is 59.7. The topological polar surface area (TPSA) is 389 Å². The van der Waals surface area contributed by atoms with Gasteiger partial charge in [-0.15, -0.1) is 0 Å². The van der Waals surface area contributed by atoms with Crippen LogP contribution in [0.4, 0.5) is 43.9 Å². The number of alkyl halides is 11. The molecule has 0 bridgehead atoms. The van der Waals surface area contributed by atoms with Crippen LogP contribution in [-0.2, 0) is 80.7 Å². The van der Waals surface area contributed by atoms with Crippen molar-refractivity contribution >= 4 is 62.0 Å². The van der Waals surface area contributed by atoms with E-state index in [-0.39, 0.29) is 124 Å². The number of carboxylic acid groups (broad SMARTS) is 2. The van der Waals surface area contributed by atoms with Crippen molar-refractivity contribution in [3.63, 3.8) is 0 Å². The molecular weight excluding hydrogens is 1450 g/mol. The molecule has 2 atom stereocenters. The van der Waals surface area contributed by atoms with Crippen LogP contribution < -0.4 is 59.1 Å². The van der Waals surface area contributed by atoms with E-state index in [0.717, 1.165) is 93.0 Å². The summed E-state index contributed by atoms with van der Waals surface area (Å²) >= 11 is 1.84. The number of carbonyl (C=O) groups excluding carboxylic acids is 4. The van der Waals surface area contributed by atoms with Crippen molar-refractivity contribution in [1.82, 2.24) is 0 Å². The first kappa shape index (κ1) is 107. The number of rotatable bonds is 15. The van der Waals surface area contributed by atoms with E-state index in [4.69, 9.17) is 51.4 Å². The summed E-state index contributed by atoms with van der Waals surface area (Å²) in [6.45, 7) is 8.97. The number of hydrogen-bond donors (Lipinski definition) is 6. The third-order valence-corrected chi connectivity index (χ3v) is 17.1. The number of carbonyl (C=O) groups is 6. The summed E-state index contributed by atoms with van der Waals surface area (Å²) in [6, 6.07) is 0. The molecule has 2 unspecified atom stereocenters. The predicted octanol–water partition coefficient (Wildman–Crippen LogP) is 7.30. The molecule has 39 heteroatoms. The Labute approximate surface area is 621 Å². The maximum atomic E-state index is 13.8. The van der Waals surface area contributed by atoms with Gasteiger partial charge in [0.05, 0.1) is 46.8 Å². The molecule has 0 aromatic carbocycles. The second kappa shape index (κ2) is 54.8. The van der Waals surface area contributed by atoms with Crippen molar-refractivity contribution in [3.8, 4) is 0 Å².